The maximum Gasteiger partial charge on any atom is 0.410 e. The second-order valence-corrected chi connectivity index (χ2v) is 9.35. The van der Waals surface area contributed by atoms with E-state index in [4.69, 9.17) is 9.47 Å². The third kappa shape index (κ3) is 5.42. The van der Waals surface area contributed by atoms with Crippen molar-refractivity contribution in [1.29, 1.82) is 0 Å². The molecule has 170 valence electrons. The van der Waals surface area contributed by atoms with Gasteiger partial charge in [0.15, 0.2) is 5.60 Å². The molecule has 2 aromatic carbocycles. The minimum absolute atomic E-state index is 0.158. The molecule has 1 heterocycles. The molecule has 0 aromatic heterocycles. The average Bonchev–Trinajstić information content (AvgIpc) is 3.63. The fourth-order valence-electron chi connectivity index (χ4n) is 4.12. The molecule has 1 saturated heterocycles. The second kappa shape index (κ2) is 9.23. The van der Waals surface area contributed by atoms with Crippen LogP contribution < -0.4 is 4.74 Å². The molecule has 2 aromatic rings. The summed E-state index contributed by atoms with van der Waals surface area (Å²) in [5.74, 6) is 0.377. The van der Waals surface area contributed by atoms with Gasteiger partial charge in [-0.05, 0) is 74.3 Å². The number of piperidine rings is 1. The van der Waals surface area contributed by atoms with Crippen molar-refractivity contribution in [3.8, 4) is 5.75 Å². The first kappa shape index (κ1) is 22.2. The first-order chi connectivity index (χ1) is 15.3. The highest BCUT2D eigenvalue weighted by atomic mass is 16.6. The lowest BCUT2D eigenvalue weighted by Gasteiger charge is -2.32. The molecule has 1 N–H and O–H groups in total. The highest BCUT2D eigenvalue weighted by Crippen LogP contribution is 2.40. The third-order valence-electron chi connectivity index (χ3n) is 6.29. The summed E-state index contributed by atoms with van der Waals surface area (Å²) in [6, 6.07) is 15.9. The van der Waals surface area contributed by atoms with Crippen LogP contribution >= 0.6 is 0 Å². The van der Waals surface area contributed by atoms with Crippen LogP contribution in [0.1, 0.15) is 68.1 Å². The Hall–Kier alpha value is -3.02. The van der Waals surface area contributed by atoms with Crippen molar-refractivity contribution in [3.63, 3.8) is 0 Å². The largest absolute Gasteiger partial charge is 0.478 e. The van der Waals surface area contributed by atoms with Crippen LogP contribution in [-0.4, -0.2) is 40.8 Å². The van der Waals surface area contributed by atoms with Crippen molar-refractivity contribution in [2.24, 2.45) is 0 Å². The number of carboxylic acids is 1. The minimum atomic E-state index is -1.31. The van der Waals surface area contributed by atoms with Gasteiger partial charge in [0, 0.05) is 19.0 Å². The molecule has 6 heteroatoms. The Morgan fingerprint density at radius 1 is 1.03 bits per heavy atom. The van der Waals surface area contributed by atoms with Gasteiger partial charge < -0.3 is 19.5 Å². The molecule has 0 radical (unpaired) electrons. The molecule has 1 amide bonds. The molecule has 0 spiro atoms. The van der Waals surface area contributed by atoms with Crippen LogP contribution in [0.15, 0.2) is 48.5 Å². The number of hydrogen-bond donors (Lipinski definition) is 1. The van der Waals surface area contributed by atoms with Gasteiger partial charge >= 0.3 is 12.1 Å². The standard InChI is InChI=1S/C26H31NO5/c1-26(2,24(28)29)32-23-7-3-5-21(15-23)22-6-4-14-27(16-22)25(30)31-17-18-8-10-19(11-9-18)20-12-13-20/h3,5,7-11,15,20,22H,4,6,12-14,16-17H2,1-2H3,(H,28,29)/t22-/m1/s1. The number of hydrogen-bond acceptors (Lipinski definition) is 4. The van der Waals surface area contributed by atoms with Crippen LogP contribution in [0, 0.1) is 0 Å². The van der Waals surface area contributed by atoms with Crippen molar-refractivity contribution in [2.45, 2.75) is 63.6 Å². The Kier molecular flexibility index (Phi) is 6.40. The van der Waals surface area contributed by atoms with Gasteiger partial charge in [0.25, 0.3) is 0 Å². The Morgan fingerprint density at radius 3 is 2.47 bits per heavy atom. The predicted octanol–water partition coefficient (Wildman–Crippen LogP) is 5.32. The normalized spacial score (nSPS) is 18.8. The Bertz CT molecular complexity index is 964. The molecule has 6 nitrogen and oxygen atoms in total. The van der Waals surface area contributed by atoms with Crippen LogP contribution in [0.25, 0.3) is 0 Å². The average molecular weight is 438 g/mol. The summed E-state index contributed by atoms with van der Waals surface area (Å²) >= 11 is 0. The maximum atomic E-state index is 12.7. The summed E-state index contributed by atoms with van der Waals surface area (Å²) in [6.45, 7) is 4.58. The van der Waals surface area contributed by atoms with E-state index in [-0.39, 0.29) is 18.6 Å². The van der Waals surface area contributed by atoms with E-state index >= 15 is 0 Å². The number of ether oxygens (including phenoxy) is 2. The lowest BCUT2D eigenvalue weighted by atomic mass is 9.90. The molecule has 32 heavy (non-hydrogen) atoms. The molecule has 1 aliphatic heterocycles. The summed E-state index contributed by atoms with van der Waals surface area (Å²) < 4.78 is 11.3. The van der Waals surface area contributed by atoms with E-state index in [1.165, 1.54) is 32.3 Å². The van der Waals surface area contributed by atoms with E-state index in [1.807, 2.05) is 30.3 Å². The van der Waals surface area contributed by atoms with Gasteiger partial charge in [-0.3, -0.25) is 0 Å². The first-order valence-corrected chi connectivity index (χ1v) is 11.3. The van der Waals surface area contributed by atoms with Gasteiger partial charge in [0.1, 0.15) is 12.4 Å². The molecular formula is C26H31NO5. The summed E-state index contributed by atoms with van der Waals surface area (Å²) in [6.07, 6.45) is 4.10. The van der Waals surface area contributed by atoms with E-state index < -0.39 is 11.6 Å². The SMILES string of the molecule is CC(C)(Oc1cccc([C@@H]2CCCN(C(=O)OCc3ccc(C4CC4)cc3)C2)c1)C(=O)O. The van der Waals surface area contributed by atoms with Crippen LogP contribution in [0.5, 0.6) is 5.75 Å². The molecule has 1 saturated carbocycles. The molecule has 0 unspecified atom stereocenters. The number of carbonyl (C=O) groups is 2. The van der Waals surface area contributed by atoms with Crippen LogP contribution in [0.3, 0.4) is 0 Å². The summed E-state index contributed by atoms with van der Waals surface area (Å²) in [5.41, 5.74) is 2.11. The lowest BCUT2D eigenvalue weighted by Crippen LogP contribution is -2.39. The molecule has 1 atom stereocenters. The fraction of sp³-hybridized carbons (Fsp3) is 0.462. The second-order valence-electron chi connectivity index (χ2n) is 9.35. The van der Waals surface area contributed by atoms with E-state index in [2.05, 4.69) is 12.1 Å². The van der Waals surface area contributed by atoms with Gasteiger partial charge in [-0.25, -0.2) is 9.59 Å². The van der Waals surface area contributed by atoms with Gasteiger partial charge in [-0.1, -0.05) is 36.4 Å². The molecule has 4 rings (SSSR count). The molecule has 2 aliphatic rings. The first-order valence-electron chi connectivity index (χ1n) is 11.3. The summed E-state index contributed by atoms with van der Waals surface area (Å²) in [4.78, 5) is 25.8. The predicted molar refractivity (Wildman–Crippen MR) is 121 cm³/mol. The van der Waals surface area contributed by atoms with Crippen molar-refractivity contribution in [3.05, 3.63) is 65.2 Å². The zero-order chi connectivity index (χ0) is 22.7. The zero-order valence-corrected chi connectivity index (χ0v) is 18.8. The molecular weight excluding hydrogens is 406 g/mol. The van der Waals surface area contributed by atoms with Crippen molar-refractivity contribution in [2.75, 3.05) is 13.1 Å². The number of carboxylic acid groups (broad SMARTS) is 1. The fourth-order valence-corrected chi connectivity index (χ4v) is 4.12. The third-order valence-corrected chi connectivity index (χ3v) is 6.29. The zero-order valence-electron chi connectivity index (χ0n) is 18.8. The van der Waals surface area contributed by atoms with Crippen LogP contribution in [-0.2, 0) is 16.1 Å². The van der Waals surface area contributed by atoms with Gasteiger partial charge in [0.05, 0.1) is 0 Å². The number of likely N-dealkylation sites (tertiary alicyclic amines) is 1. The van der Waals surface area contributed by atoms with E-state index in [9.17, 15) is 14.7 Å². The number of nitrogens with zero attached hydrogens (tertiary/aromatic N) is 1. The molecule has 1 aliphatic carbocycles. The Morgan fingerprint density at radius 2 is 1.78 bits per heavy atom. The number of carbonyl (C=O) groups excluding carboxylic acids is 1. The molecule has 2 fully saturated rings. The Balaban J connectivity index is 1.34. The highest BCUT2D eigenvalue weighted by Gasteiger charge is 2.30. The number of aliphatic carboxylic acids is 1. The molecule has 0 bridgehead atoms. The quantitative estimate of drug-likeness (QED) is 0.634. The van der Waals surface area contributed by atoms with Crippen molar-refractivity contribution >= 4 is 12.1 Å². The topological polar surface area (TPSA) is 76.1 Å². The Labute approximate surface area is 189 Å². The van der Waals surface area contributed by atoms with Gasteiger partial charge in [0.2, 0.25) is 0 Å². The number of rotatable bonds is 7. The van der Waals surface area contributed by atoms with Crippen molar-refractivity contribution < 1.29 is 24.2 Å². The summed E-state index contributed by atoms with van der Waals surface area (Å²) in [5, 5.41) is 9.31. The van der Waals surface area contributed by atoms with E-state index in [0.717, 1.165) is 29.9 Å². The number of amides is 1. The smallest absolute Gasteiger partial charge is 0.410 e. The lowest BCUT2D eigenvalue weighted by molar-refractivity contribution is -0.152. The van der Waals surface area contributed by atoms with E-state index in [1.54, 1.807) is 11.0 Å². The summed E-state index contributed by atoms with van der Waals surface area (Å²) in [7, 11) is 0. The van der Waals surface area contributed by atoms with Crippen molar-refractivity contribution in [1.82, 2.24) is 4.90 Å². The maximum absolute atomic E-state index is 12.7. The monoisotopic (exact) mass is 437 g/mol. The van der Waals surface area contributed by atoms with Crippen LogP contribution in [0.2, 0.25) is 0 Å². The highest BCUT2D eigenvalue weighted by molar-refractivity contribution is 5.76. The number of benzene rings is 2. The minimum Gasteiger partial charge on any atom is -0.478 e. The van der Waals surface area contributed by atoms with Gasteiger partial charge in [-0.2, -0.15) is 0 Å². The van der Waals surface area contributed by atoms with Crippen LogP contribution in [0.4, 0.5) is 4.79 Å². The van der Waals surface area contributed by atoms with Gasteiger partial charge in [-0.15, -0.1) is 0 Å². The van der Waals surface area contributed by atoms with E-state index in [0.29, 0.717) is 18.8 Å².